The molecule has 9 heteroatoms. The summed E-state index contributed by atoms with van der Waals surface area (Å²) in [7, 11) is 1.67. The maximum Gasteiger partial charge on any atom is 0.293 e. The summed E-state index contributed by atoms with van der Waals surface area (Å²) < 4.78 is 6.81. The number of nitrogens with one attached hydrogen (secondary N) is 2. The van der Waals surface area contributed by atoms with Crippen LogP contribution in [0.2, 0.25) is 0 Å². The Labute approximate surface area is 251 Å². The summed E-state index contributed by atoms with van der Waals surface area (Å²) in [5.41, 5.74) is 5.35. The second-order valence-electron chi connectivity index (χ2n) is 11.8. The van der Waals surface area contributed by atoms with Crippen LogP contribution in [0.5, 0.6) is 0 Å². The maximum atomic E-state index is 13.2. The van der Waals surface area contributed by atoms with Gasteiger partial charge in [0.15, 0.2) is 5.82 Å². The van der Waals surface area contributed by atoms with E-state index in [-0.39, 0.29) is 28.6 Å². The van der Waals surface area contributed by atoms with Crippen molar-refractivity contribution in [3.05, 3.63) is 106 Å². The van der Waals surface area contributed by atoms with Gasteiger partial charge in [-0.3, -0.25) is 14.4 Å². The van der Waals surface area contributed by atoms with E-state index in [4.69, 9.17) is 4.74 Å². The Morgan fingerprint density at radius 3 is 2.33 bits per heavy atom. The molecule has 4 aromatic rings. The average molecular weight is 580 g/mol. The lowest BCUT2D eigenvalue weighted by Crippen LogP contribution is -2.40. The number of amides is 2. The smallest absolute Gasteiger partial charge is 0.293 e. The predicted octanol–water partition coefficient (Wildman–Crippen LogP) is 5.52. The van der Waals surface area contributed by atoms with Gasteiger partial charge in [-0.25, -0.2) is 4.98 Å². The van der Waals surface area contributed by atoms with Crippen LogP contribution in [0.25, 0.3) is 11.3 Å². The number of hydrogen-bond acceptors (Lipinski definition) is 6. The third kappa shape index (κ3) is 6.67. The molecule has 1 fully saturated rings. The molecule has 0 spiro atoms. The summed E-state index contributed by atoms with van der Waals surface area (Å²) in [6.45, 7) is 10.5. The van der Waals surface area contributed by atoms with Crippen molar-refractivity contribution < 1.29 is 14.3 Å². The van der Waals surface area contributed by atoms with Crippen molar-refractivity contribution in [2.24, 2.45) is 7.05 Å². The van der Waals surface area contributed by atoms with E-state index in [2.05, 4.69) is 36.4 Å². The van der Waals surface area contributed by atoms with Crippen LogP contribution in [0.3, 0.4) is 0 Å². The molecule has 0 unspecified atom stereocenters. The van der Waals surface area contributed by atoms with Crippen LogP contribution >= 0.6 is 0 Å². The summed E-state index contributed by atoms with van der Waals surface area (Å²) >= 11 is 0. The van der Waals surface area contributed by atoms with E-state index >= 15 is 0 Å². The summed E-state index contributed by atoms with van der Waals surface area (Å²) in [5, 5.41) is 6.16. The van der Waals surface area contributed by atoms with Crippen LogP contribution in [-0.2, 0) is 17.2 Å². The lowest BCUT2D eigenvalue weighted by Gasteiger charge is -2.26. The van der Waals surface area contributed by atoms with Gasteiger partial charge in [-0.2, -0.15) is 0 Å². The molecular weight excluding hydrogens is 542 g/mol. The minimum absolute atomic E-state index is 0.0461. The van der Waals surface area contributed by atoms with E-state index < -0.39 is 0 Å². The number of hydrogen-bond donors (Lipinski definition) is 2. The fraction of sp³-hybridized carbons (Fsp3) is 0.294. The zero-order valence-corrected chi connectivity index (χ0v) is 25.2. The molecule has 1 aliphatic rings. The molecule has 0 saturated carbocycles. The van der Waals surface area contributed by atoms with Gasteiger partial charge in [0.1, 0.15) is 0 Å². The van der Waals surface area contributed by atoms with Crippen LogP contribution < -0.4 is 16.2 Å². The molecule has 0 atom stereocenters. The topological polar surface area (TPSA) is 106 Å². The van der Waals surface area contributed by atoms with Gasteiger partial charge in [-0.1, -0.05) is 45.0 Å². The van der Waals surface area contributed by atoms with Crippen LogP contribution in [0.1, 0.15) is 52.6 Å². The average Bonchev–Trinajstić information content (AvgIpc) is 3.00. The number of benzene rings is 3. The van der Waals surface area contributed by atoms with Crippen molar-refractivity contribution in [1.82, 2.24) is 14.5 Å². The molecule has 2 amide bonds. The largest absolute Gasteiger partial charge is 0.378 e. The standard InChI is InChI=1S/C34H37N5O4/c1-22-27(10-7-11-28(22)37-31(40)24-8-6-9-25(20-24)34(2,3)4)29-21-38(5)33(42)30(36-29)35-26-14-12-23(13-15-26)32(41)39-16-18-43-19-17-39/h6-15,20-21H,16-19H2,1-5H3,(H,35,36)(H,37,40). The highest BCUT2D eigenvalue weighted by atomic mass is 16.5. The first-order chi connectivity index (χ1) is 20.5. The van der Waals surface area contributed by atoms with Gasteiger partial charge < -0.3 is 24.8 Å². The van der Waals surface area contributed by atoms with E-state index in [9.17, 15) is 14.4 Å². The molecule has 1 aromatic heterocycles. The molecule has 9 nitrogen and oxygen atoms in total. The van der Waals surface area contributed by atoms with Gasteiger partial charge in [0.2, 0.25) is 0 Å². The number of carbonyl (C=O) groups is 2. The molecule has 43 heavy (non-hydrogen) atoms. The highest BCUT2D eigenvalue weighted by molar-refractivity contribution is 6.05. The number of anilines is 3. The first kappa shape index (κ1) is 29.7. The Balaban J connectivity index is 1.37. The number of aromatic nitrogens is 2. The van der Waals surface area contributed by atoms with Crippen molar-refractivity contribution >= 4 is 29.0 Å². The molecule has 222 valence electrons. The molecule has 1 saturated heterocycles. The van der Waals surface area contributed by atoms with Gasteiger partial charge >= 0.3 is 0 Å². The fourth-order valence-electron chi connectivity index (χ4n) is 4.97. The van der Waals surface area contributed by atoms with Gasteiger partial charge in [0.05, 0.1) is 18.9 Å². The lowest BCUT2D eigenvalue weighted by molar-refractivity contribution is 0.0303. The summed E-state index contributed by atoms with van der Waals surface area (Å²) in [5.74, 6) is -0.0898. The van der Waals surface area contributed by atoms with Crippen molar-refractivity contribution in [3.8, 4) is 11.3 Å². The van der Waals surface area contributed by atoms with Gasteiger partial charge in [0.25, 0.3) is 17.4 Å². The quantitative estimate of drug-likeness (QED) is 0.312. The van der Waals surface area contributed by atoms with Crippen LogP contribution in [0, 0.1) is 6.92 Å². The second kappa shape index (κ2) is 12.2. The summed E-state index contributed by atoms with van der Waals surface area (Å²) in [6.07, 6.45) is 1.68. The third-order valence-electron chi connectivity index (χ3n) is 7.61. The van der Waals surface area contributed by atoms with E-state index in [1.54, 1.807) is 48.5 Å². The third-order valence-corrected chi connectivity index (χ3v) is 7.61. The first-order valence-corrected chi connectivity index (χ1v) is 14.3. The van der Waals surface area contributed by atoms with Crippen LogP contribution in [0.4, 0.5) is 17.2 Å². The maximum absolute atomic E-state index is 13.2. The van der Waals surface area contributed by atoms with Gasteiger partial charge in [0, 0.05) is 54.4 Å². The molecule has 3 aromatic carbocycles. The zero-order chi connectivity index (χ0) is 30.7. The molecule has 0 aliphatic carbocycles. The van der Waals surface area contributed by atoms with Crippen molar-refractivity contribution in [1.29, 1.82) is 0 Å². The number of ether oxygens (including phenoxy) is 1. The zero-order valence-electron chi connectivity index (χ0n) is 25.2. The van der Waals surface area contributed by atoms with E-state index in [1.807, 2.05) is 43.3 Å². The number of morpholine rings is 1. The van der Waals surface area contributed by atoms with Gasteiger partial charge in [-0.15, -0.1) is 0 Å². The second-order valence-corrected chi connectivity index (χ2v) is 11.8. The minimum Gasteiger partial charge on any atom is -0.378 e. The number of aryl methyl sites for hydroxylation is 1. The highest BCUT2D eigenvalue weighted by Crippen LogP contribution is 2.29. The number of carbonyl (C=O) groups excluding carboxylic acids is 2. The number of rotatable bonds is 6. The van der Waals surface area contributed by atoms with Crippen LogP contribution in [-0.4, -0.2) is 52.6 Å². The van der Waals surface area contributed by atoms with Gasteiger partial charge in [-0.05, 0) is 65.9 Å². The SMILES string of the molecule is Cc1c(NC(=O)c2cccc(C(C)(C)C)c2)cccc1-c1cn(C)c(=O)c(Nc2ccc(C(=O)N3CCOCC3)cc2)n1. The molecule has 0 bridgehead atoms. The first-order valence-electron chi connectivity index (χ1n) is 14.3. The monoisotopic (exact) mass is 579 g/mol. The van der Waals surface area contributed by atoms with Crippen molar-refractivity contribution in [2.45, 2.75) is 33.1 Å². The Bertz CT molecular complexity index is 1710. The lowest BCUT2D eigenvalue weighted by atomic mass is 9.86. The molecule has 0 radical (unpaired) electrons. The Morgan fingerprint density at radius 1 is 0.930 bits per heavy atom. The minimum atomic E-state index is -0.293. The molecular formula is C34H37N5O4. The van der Waals surface area contributed by atoms with Crippen molar-refractivity contribution in [2.75, 3.05) is 36.9 Å². The van der Waals surface area contributed by atoms with E-state index in [1.165, 1.54) is 4.57 Å². The molecule has 5 rings (SSSR count). The van der Waals surface area contributed by atoms with Crippen molar-refractivity contribution in [3.63, 3.8) is 0 Å². The summed E-state index contributed by atoms with van der Waals surface area (Å²) in [6, 6.07) is 20.3. The molecule has 2 heterocycles. The highest BCUT2D eigenvalue weighted by Gasteiger charge is 2.20. The Hall–Kier alpha value is -4.76. The predicted molar refractivity (Wildman–Crippen MR) is 169 cm³/mol. The fourth-order valence-corrected chi connectivity index (χ4v) is 4.97. The Kier molecular flexibility index (Phi) is 8.45. The normalized spacial score (nSPS) is 13.5. The van der Waals surface area contributed by atoms with E-state index in [0.29, 0.717) is 54.5 Å². The summed E-state index contributed by atoms with van der Waals surface area (Å²) in [4.78, 5) is 45.4. The molecule has 1 aliphatic heterocycles. The van der Waals surface area contributed by atoms with Crippen LogP contribution in [0.15, 0.2) is 77.7 Å². The van der Waals surface area contributed by atoms with E-state index in [0.717, 1.165) is 16.7 Å². The number of nitrogens with zero attached hydrogens (tertiary/aromatic N) is 3. The Morgan fingerprint density at radius 2 is 1.63 bits per heavy atom. The molecule has 2 N–H and O–H groups in total.